The molecule has 2 aromatic heterocycles. The third kappa shape index (κ3) is 4.02. The van der Waals surface area contributed by atoms with Crippen LogP contribution in [-0.4, -0.2) is 41.4 Å². The summed E-state index contributed by atoms with van der Waals surface area (Å²) in [6.45, 7) is 2.08. The molecule has 0 bridgehead atoms. The average molecular weight is 376 g/mol. The minimum atomic E-state index is -4.52. The van der Waals surface area contributed by atoms with Crippen molar-refractivity contribution in [2.75, 3.05) is 20.6 Å². The van der Waals surface area contributed by atoms with Gasteiger partial charge >= 0.3 is 6.18 Å². The van der Waals surface area contributed by atoms with Gasteiger partial charge < -0.3 is 4.90 Å². The van der Waals surface area contributed by atoms with Crippen LogP contribution in [0.5, 0.6) is 0 Å². The predicted octanol–water partition coefficient (Wildman–Crippen LogP) is 3.96. The van der Waals surface area contributed by atoms with E-state index in [0.717, 1.165) is 17.4 Å². The third-order valence-electron chi connectivity index (χ3n) is 3.04. The molecule has 0 saturated heterocycles. The fourth-order valence-corrected chi connectivity index (χ4v) is 3.36. The van der Waals surface area contributed by atoms with Crippen LogP contribution in [0.15, 0.2) is 12.3 Å². The Hall–Kier alpha value is -1.73. The Kier molecular flexibility index (Phi) is 5.45. The summed E-state index contributed by atoms with van der Waals surface area (Å²) in [7, 11) is 3.62. The Bertz CT molecular complexity index is 811. The molecule has 2 aromatic rings. The first-order valence-corrected chi connectivity index (χ1v) is 7.92. The van der Waals surface area contributed by atoms with Gasteiger partial charge in [-0.2, -0.15) is 13.2 Å². The summed E-state index contributed by atoms with van der Waals surface area (Å²) < 4.78 is 38.0. The van der Waals surface area contributed by atoms with Crippen LogP contribution in [-0.2, 0) is 11.0 Å². The van der Waals surface area contributed by atoms with Crippen molar-refractivity contribution in [3.63, 3.8) is 0 Å². The number of rotatable bonds is 4. The number of alkyl halides is 3. The number of aryl methyl sites for hydroxylation is 1. The normalized spacial score (nSPS) is 11.7. The highest BCUT2D eigenvalue weighted by atomic mass is 35.5. The number of pyridine rings is 1. The molecule has 2 rings (SSSR count). The van der Waals surface area contributed by atoms with Gasteiger partial charge in [0, 0.05) is 12.7 Å². The second-order valence-corrected chi connectivity index (χ2v) is 6.71. The maximum absolute atomic E-state index is 12.7. The van der Waals surface area contributed by atoms with Gasteiger partial charge in [0.05, 0.1) is 26.7 Å². The van der Waals surface area contributed by atoms with E-state index in [1.165, 1.54) is 0 Å². The van der Waals surface area contributed by atoms with Crippen molar-refractivity contribution in [2.45, 2.75) is 13.1 Å². The number of aromatic nitrogens is 2. The van der Waals surface area contributed by atoms with Crippen molar-refractivity contribution in [3.8, 4) is 10.7 Å². The second kappa shape index (κ2) is 7.03. The minimum absolute atomic E-state index is 0.144. The Morgan fingerprint density at radius 2 is 2.08 bits per heavy atom. The summed E-state index contributed by atoms with van der Waals surface area (Å²) in [6, 6.07) is 0.816. The van der Waals surface area contributed by atoms with Crippen molar-refractivity contribution in [1.82, 2.24) is 14.9 Å². The van der Waals surface area contributed by atoms with Crippen molar-refractivity contribution in [3.05, 3.63) is 33.4 Å². The summed E-state index contributed by atoms with van der Waals surface area (Å²) in [5.41, 5.74) is 0.224. The molecule has 0 amide bonds. The largest absolute Gasteiger partial charge is 0.417 e. The minimum Gasteiger partial charge on any atom is -0.304 e. The van der Waals surface area contributed by atoms with Crippen LogP contribution in [0.1, 0.15) is 16.1 Å². The van der Waals surface area contributed by atoms with Gasteiger partial charge in [-0.3, -0.25) is 4.98 Å². The standard InChI is InChI=1S/C15H13ClF3N3OS/c1-8-13(9(7-23)6-22(2)3)24-14(21-8)12-11(16)4-10(5-20-12)15(17,18)19/h4-5H,6H2,1-3H3. The molecule has 9 heteroatoms. The van der Waals surface area contributed by atoms with E-state index in [1.54, 1.807) is 6.92 Å². The summed E-state index contributed by atoms with van der Waals surface area (Å²) >= 11 is 7.09. The maximum Gasteiger partial charge on any atom is 0.417 e. The van der Waals surface area contributed by atoms with E-state index in [-0.39, 0.29) is 10.7 Å². The van der Waals surface area contributed by atoms with Crippen molar-refractivity contribution >= 4 is 34.5 Å². The molecule has 2 heterocycles. The first kappa shape index (κ1) is 18.6. The number of hydrogen-bond acceptors (Lipinski definition) is 5. The third-order valence-corrected chi connectivity index (χ3v) is 4.55. The van der Waals surface area contributed by atoms with Gasteiger partial charge in [0.25, 0.3) is 0 Å². The molecule has 24 heavy (non-hydrogen) atoms. The zero-order valence-corrected chi connectivity index (χ0v) is 14.6. The number of nitrogens with zero attached hydrogens (tertiary/aromatic N) is 3. The second-order valence-electron chi connectivity index (χ2n) is 5.30. The van der Waals surface area contributed by atoms with E-state index in [9.17, 15) is 18.0 Å². The summed E-state index contributed by atoms with van der Waals surface area (Å²) in [5.74, 6) is 1.89. The molecule has 0 spiro atoms. The van der Waals surface area contributed by atoms with E-state index in [2.05, 4.69) is 9.97 Å². The highest BCUT2D eigenvalue weighted by molar-refractivity contribution is 7.16. The van der Waals surface area contributed by atoms with Crippen LogP contribution in [0.2, 0.25) is 5.02 Å². The molecule has 0 saturated carbocycles. The van der Waals surface area contributed by atoms with Gasteiger partial charge in [-0.15, -0.1) is 11.3 Å². The molecule has 0 aliphatic heterocycles. The SMILES string of the molecule is Cc1nc(-c2ncc(C(F)(F)F)cc2Cl)sc1C(=C=O)CN(C)C. The average Bonchev–Trinajstić information content (AvgIpc) is 2.85. The Morgan fingerprint density at radius 3 is 2.58 bits per heavy atom. The van der Waals surface area contributed by atoms with Crippen LogP contribution in [0.3, 0.4) is 0 Å². The number of thiazole rings is 1. The van der Waals surface area contributed by atoms with Gasteiger partial charge in [0.1, 0.15) is 16.6 Å². The number of likely N-dealkylation sites (N-methyl/N-ethyl adjacent to an activating group) is 1. The molecule has 0 unspecified atom stereocenters. The predicted molar refractivity (Wildman–Crippen MR) is 87.7 cm³/mol. The quantitative estimate of drug-likeness (QED) is 0.759. The van der Waals surface area contributed by atoms with Crippen LogP contribution >= 0.6 is 22.9 Å². The first-order chi connectivity index (χ1) is 11.1. The van der Waals surface area contributed by atoms with E-state index in [1.807, 2.05) is 24.9 Å². The molecule has 0 radical (unpaired) electrons. The zero-order chi connectivity index (χ0) is 18.1. The van der Waals surface area contributed by atoms with E-state index in [4.69, 9.17) is 11.6 Å². The van der Waals surface area contributed by atoms with E-state index in [0.29, 0.717) is 33.9 Å². The fraction of sp³-hybridized carbons (Fsp3) is 0.333. The monoisotopic (exact) mass is 375 g/mol. The lowest BCUT2D eigenvalue weighted by atomic mass is 10.2. The van der Waals surface area contributed by atoms with Crippen LogP contribution in [0.4, 0.5) is 13.2 Å². The lowest BCUT2D eigenvalue weighted by molar-refractivity contribution is -0.137. The van der Waals surface area contributed by atoms with Crippen molar-refractivity contribution < 1.29 is 18.0 Å². The Morgan fingerprint density at radius 1 is 1.42 bits per heavy atom. The first-order valence-electron chi connectivity index (χ1n) is 6.73. The molecule has 128 valence electrons. The number of carbonyl (C=O) groups excluding carboxylic acids is 1. The summed E-state index contributed by atoms with van der Waals surface area (Å²) in [4.78, 5) is 21.7. The summed E-state index contributed by atoms with van der Waals surface area (Å²) in [6.07, 6.45) is -3.80. The highest BCUT2D eigenvalue weighted by Crippen LogP contribution is 2.37. The van der Waals surface area contributed by atoms with E-state index < -0.39 is 11.7 Å². The molecule has 0 atom stereocenters. The van der Waals surface area contributed by atoms with Crippen LogP contribution < -0.4 is 0 Å². The molecule has 0 fully saturated rings. The zero-order valence-electron chi connectivity index (χ0n) is 13.0. The molecule has 0 aromatic carbocycles. The summed E-state index contributed by atoms with van der Waals surface area (Å²) in [5, 5.41) is 0.210. The molecular weight excluding hydrogens is 363 g/mol. The van der Waals surface area contributed by atoms with Crippen molar-refractivity contribution in [1.29, 1.82) is 0 Å². The van der Waals surface area contributed by atoms with Crippen molar-refractivity contribution in [2.24, 2.45) is 0 Å². The molecule has 0 N–H and O–H groups in total. The molecule has 0 aliphatic rings. The van der Waals surface area contributed by atoms with Gasteiger partial charge in [-0.1, -0.05) is 11.6 Å². The smallest absolute Gasteiger partial charge is 0.304 e. The van der Waals surface area contributed by atoms with Gasteiger partial charge in [0.15, 0.2) is 0 Å². The lowest BCUT2D eigenvalue weighted by Gasteiger charge is -2.09. The highest BCUT2D eigenvalue weighted by Gasteiger charge is 2.32. The fourth-order valence-electron chi connectivity index (χ4n) is 1.99. The lowest BCUT2D eigenvalue weighted by Crippen LogP contribution is -2.14. The molecule has 4 nitrogen and oxygen atoms in total. The maximum atomic E-state index is 12.7. The van der Waals surface area contributed by atoms with Crippen LogP contribution in [0.25, 0.3) is 16.3 Å². The van der Waals surface area contributed by atoms with Gasteiger partial charge in [0.2, 0.25) is 0 Å². The molecular formula is C15H13ClF3N3OS. The Labute approximate surface area is 145 Å². The van der Waals surface area contributed by atoms with E-state index >= 15 is 0 Å². The van der Waals surface area contributed by atoms with Gasteiger partial charge in [-0.25, -0.2) is 9.78 Å². The topological polar surface area (TPSA) is 46.1 Å². The molecule has 0 aliphatic carbocycles. The van der Waals surface area contributed by atoms with Crippen LogP contribution in [0, 0.1) is 6.92 Å². The van der Waals surface area contributed by atoms with Gasteiger partial charge in [-0.05, 0) is 27.1 Å². The number of hydrogen-bond donors (Lipinski definition) is 0. The number of halogens is 4. The Balaban J connectivity index is 2.45.